The van der Waals surface area contributed by atoms with Crippen molar-refractivity contribution in [1.29, 1.82) is 0 Å². The molecule has 0 aliphatic carbocycles. The predicted octanol–water partition coefficient (Wildman–Crippen LogP) is 3.14. The summed E-state index contributed by atoms with van der Waals surface area (Å²) in [6, 6.07) is 6.01. The monoisotopic (exact) mass is 565 g/mol. The summed E-state index contributed by atoms with van der Waals surface area (Å²) in [5.74, 6) is -1.03. The highest BCUT2D eigenvalue weighted by atomic mass is 35.5. The van der Waals surface area contributed by atoms with Gasteiger partial charge in [-0.25, -0.2) is 8.78 Å². The molecule has 1 spiro atoms. The number of nitrogens with one attached hydrogen (secondary N) is 2. The van der Waals surface area contributed by atoms with E-state index in [2.05, 4.69) is 15.5 Å². The lowest BCUT2D eigenvalue weighted by atomic mass is 9.85. The van der Waals surface area contributed by atoms with E-state index >= 15 is 0 Å². The van der Waals surface area contributed by atoms with Gasteiger partial charge in [-0.15, -0.1) is 0 Å². The van der Waals surface area contributed by atoms with Gasteiger partial charge in [0.1, 0.15) is 23.0 Å². The molecule has 3 heterocycles. The Morgan fingerprint density at radius 3 is 2.56 bits per heavy atom. The maximum Gasteiger partial charge on any atom is 0.217 e. The van der Waals surface area contributed by atoms with Crippen molar-refractivity contribution in [2.24, 2.45) is 0 Å². The number of rotatable bonds is 8. The van der Waals surface area contributed by atoms with E-state index in [4.69, 9.17) is 25.8 Å². The molecule has 4 atom stereocenters. The molecule has 2 aromatic carbocycles. The minimum Gasteiger partial charge on any atom is -0.482 e. The molecule has 2 aromatic rings. The highest BCUT2D eigenvalue weighted by Crippen LogP contribution is 2.49. The number of hydrogen-bond acceptors (Lipinski definition) is 7. The number of anilines is 1. The number of benzene rings is 2. The maximum absolute atomic E-state index is 13.8. The van der Waals surface area contributed by atoms with Crippen LogP contribution >= 0.6 is 11.6 Å². The maximum atomic E-state index is 13.8. The van der Waals surface area contributed by atoms with Crippen molar-refractivity contribution >= 4 is 23.2 Å². The minimum atomic E-state index is -1.04. The first-order chi connectivity index (χ1) is 18.7. The number of nitrogens with zero attached hydrogens (tertiary/aromatic N) is 1. The molecule has 2 fully saturated rings. The van der Waals surface area contributed by atoms with Crippen LogP contribution in [0.5, 0.6) is 5.75 Å². The number of aliphatic hydroxyl groups excluding tert-OH is 1. The number of hydrogen-bond donors (Lipinski definition) is 3. The van der Waals surface area contributed by atoms with Gasteiger partial charge in [0.25, 0.3) is 0 Å². The van der Waals surface area contributed by atoms with Crippen LogP contribution in [0.15, 0.2) is 30.3 Å². The number of fused-ring (bicyclic) bond motifs is 1. The van der Waals surface area contributed by atoms with Crippen LogP contribution in [0.2, 0.25) is 5.02 Å². The third kappa shape index (κ3) is 6.63. The van der Waals surface area contributed by atoms with Gasteiger partial charge < -0.3 is 34.9 Å². The second-order valence-electron chi connectivity index (χ2n) is 10.6. The lowest BCUT2D eigenvalue weighted by molar-refractivity contribution is -0.120. The Kier molecular flexibility index (Phi) is 8.58. The van der Waals surface area contributed by atoms with Crippen LogP contribution < -0.4 is 20.3 Å². The summed E-state index contributed by atoms with van der Waals surface area (Å²) in [5, 5.41) is 17.9. The number of amides is 1. The Balaban J connectivity index is 1.38. The molecular weight excluding hydrogens is 532 g/mol. The smallest absolute Gasteiger partial charge is 0.217 e. The van der Waals surface area contributed by atoms with Crippen LogP contribution in [0.3, 0.4) is 0 Å². The van der Waals surface area contributed by atoms with Crippen molar-refractivity contribution in [1.82, 2.24) is 10.6 Å². The van der Waals surface area contributed by atoms with Gasteiger partial charge in [-0.1, -0.05) is 11.6 Å². The van der Waals surface area contributed by atoms with Crippen molar-refractivity contribution in [3.63, 3.8) is 0 Å². The summed E-state index contributed by atoms with van der Waals surface area (Å²) in [6.07, 6.45) is 0.361. The lowest BCUT2D eigenvalue weighted by Crippen LogP contribution is -2.50. The van der Waals surface area contributed by atoms with E-state index < -0.39 is 29.4 Å². The fraction of sp³-hybridized carbons (Fsp3) is 0.536. The van der Waals surface area contributed by atoms with Gasteiger partial charge in [0, 0.05) is 62.1 Å². The standard InChI is InChI=1S/C28H34ClF2N3O5/c1-17(35)33-23(10-18-8-20(30)13-21(31)9-18)26(36)15-32-24-14-28(2-5-38-16-28)39-27-22(24)11-19(29)12-25(27)34-3-6-37-7-4-34/h8-9,11-13,23-24,26,32,36H,2-7,10,14-16H2,1H3,(H,33,35)/t23-,24-,26+,28+/m0/s1. The molecule has 3 aliphatic rings. The van der Waals surface area contributed by atoms with Gasteiger partial charge in [0.2, 0.25) is 5.91 Å². The SMILES string of the molecule is CC(=O)N[C@@H](Cc1cc(F)cc(F)c1)[C@H](O)CN[C@H]1C[C@@]2(CCOC2)Oc2c1cc(Cl)cc2N1CCOCC1. The van der Waals surface area contributed by atoms with Crippen molar-refractivity contribution in [2.75, 3.05) is 51.0 Å². The third-order valence-corrected chi connectivity index (χ3v) is 7.77. The normalized spacial score (nSPS) is 24.2. The summed E-state index contributed by atoms with van der Waals surface area (Å²) < 4.78 is 45.5. The van der Waals surface area contributed by atoms with Crippen LogP contribution in [0, 0.1) is 11.6 Å². The topological polar surface area (TPSA) is 92.3 Å². The highest BCUT2D eigenvalue weighted by Gasteiger charge is 2.45. The lowest BCUT2D eigenvalue weighted by Gasteiger charge is -2.42. The fourth-order valence-electron chi connectivity index (χ4n) is 5.69. The van der Waals surface area contributed by atoms with Crippen LogP contribution in [-0.2, 0) is 20.7 Å². The van der Waals surface area contributed by atoms with E-state index in [0.29, 0.717) is 43.4 Å². The van der Waals surface area contributed by atoms with E-state index in [1.54, 1.807) is 0 Å². The third-order valence-electron chi connectivity index (χ3n) is 7.56. The van der Waals surface area contributed by atoms with Gasteiger partial charge in [-0.05, 0) is 36.2 Å². The number of carbonyl (C=O) groups is 1. The largest absolute Gasteiger partial charge is 0.482 e. The summed E-state index contributed by atoms with van der Waals surface area (Å²) in [6.45, 7) is 5.17. The van der Waals surface area contributed by atoms with Gasteiger partial charge >= 0.3 is 0 Å². The molecule has 11 heteroatoms. The van der Waals surface area contributed by atoms with Crippen LogP contribution in [0.25, 0.3) is 0 Å². The fourth-order valence-corrected chi connectivity index (χ4v) is 5.91. The Bertz CT molecular complexity index is 1170. The number of halogens is 3. The van der Waals surface area contributed by atoms with Gasteiger partial charge in [0.15, 0.2) is 0 Å². The summed E-state index contributed by atoms with van der Waals surface area (Å²) in [4.78, 5) is 14.1. The molecular formula is C28H34ClF2N3O5. The Hall–Kier alpha value is -2.50. The van der Waals surface area contributed by atoms with Gasteiger partial charge in [0.05, 0.1) is 44.3 Å². The van der Waals surface area contributed by atoms with Crippen molar-refractivity contribution in [3.05, 3.63) is 58.1 Å². The molecule has 0 radical (unpaired) electrons. The number of carbonyl (C=O) groups excluding carboxylic acids is 1. The average Bonchev–Trinajstić information content (AvgIpc) is 3.33. The van der Waals surface area contributed by atoms with Crippen LogP contribution in [0.1, 0.15) is 36.9 Å². The Morgan fingerprint density at radius 1 is 1.15 bits per heavy atom. The molecule has 1 amide bonds. The Morgan fingerprint density at radius 2 is 1.90 bits per heavy atom. The van der Waals surface area contributed by atoms with E-state index in [0.717, 1.165) is 42.6 Å². The number of ether oxygens (including phenoxy) is 3. The predicted molar refractivity (Wildman–Crippen MR) is 142 cm³/mol. The Labute approximate surface area is 231 Å². The molecule has 0 saturated carbocycles. The average molecular weight is 566 g/mol. The quantitative estimate of drug-likeness (QED) is 0.453. The first kappa shape index (κ1) is 28.0. The molecule has 3 N–H and O–H groups in total. The van der Waals surface area contributed by atoms with Crippen molar-refractivity contribution in [3.8, 4) is 5.75 Å². The zero-order valence-corrected chi connectivity index (χ0v) is 22.6. The van der Waals surface area contributed by atoms with Crippen molar-refractivity contribution in [2.45, 2.75) is 50.0 Å². The second kappa shape index (κ2) is 11.9. The molecule has 8 nitrogen and oxygen atoms in total. The zero-order valence-electron chi connectivity index (χ0n) is 21.9. The molecule has 0 bridgehead atoms. The van der Waals surface area contributed by atoms with E-state index in [9.17, 15) is 18.7 Å². The number of morpholine rings is 1. The number of aliphatic hydroxyl groups is 1. The first-order valence-electron chi connectivity index (χ1n) is 13.3. The molecule has 39 heavy (non-hydrogen) atoms. The first-order valence-corrected chi connectivity index (χ1v) is 13.7. The van der Waals surface area contributed by atoms with Crippen LogP contribution in [0.4, 0.5) is 14.5 Å². The van der Waals surface area contributed by atoms with Gasteiger partial charge in [-0.3, -0.25) is 4.79 Å². The summed E-state index contributed by atoms with van der Waals surface area (Å²) >= 11 is 6.58. The van der Waals surface area contributed by atoms with E-state index in [1.165, 1.54) is 19.1 Å². The molecule has 2 saturated heterocycles. The molecule has 3 aliphatic heterocycles. The molecule has 0 unspecified atom stereocenters. The highest BCUT2D eigenvalue weighted by molar-refractivity contribution is 6.31. The molecule has 212 valence electrons. The zero-order chi connectivity index (χ0) is 27.6. The van der Waals surface area contributed by atoms with E-state index in [1.807, 2.05) is 12.1 Å². The van der Waals surface area contributed by atoms with Crippen LogP contribution in [-0.4, -0.2) is 74.8 Å². The summed E-state index contributed by atoms with van der Waals surface area (Å²) in [5.41, 5.74) is 1.62. The molecule has 5 rings (SSSR count). The van der Waals surface area contributed by atoms with Gasteiger partial charge in [-0.2, -0.15) is 0 Å². The minimum absolute atomic E-state index is 0.0618. The van der Waals surface area contributed by atoms with Crippen molar-refractivity contribution < 1.29 is 32.9 Å². The van der Waals surface area contributed by atoms with E-state index in [-0.39, 0.29) is 24.9 Å². The summed E-state index contributed by atoms with van der Waals surface area (Å²) in [7, 11) is 0. The second-order valence-corrected chi connectivity index (χ2v) is 11.0. The molecule has 0 aromatic heterocycles.